The normalized spacial score (nSPS) is 10.8. The Balaban J connectivity index is 2.80. The molecule has 0 aliphatic heterocycles. The molecule has 20 heavy (non-hydrogen) atoms. The van der Waals surface area contributed by atoms with Crippen LogP contribution in [0, 0.1) is 5.41 Å². The van der Waals surface area contributed by atoms with Gasteiger partial charge in [0, 0.05) is 17.0 Å². The van der Waals surface area contributed by atoms with Gasteiger partial charge < -0.3 is 14.8 Å². The van der Waals surface area contributed by atoms with Crippen molar-refractivity contribution < 1.29 is 19.1 Å². The van der Waals surface area contributed by atoms with Crippen LogP contribution in [0.25, 0.3) is 0 Å². The lowest BCUT2D eigenvalue weighted by Crippen LogP contribution is -2.35. The summed E-state index contributed by atoms with van der Waals surface area (Å²) in [7, 11) is 3.03. The molecule has 1 aromatic carbocycles. The Hall–Kier alpha value is -2.04. The molecule has 1 N–H and O–H groups in total. The molecule has 0 aliphatic carbocycles. The van der Waals surface area contributed by atoms with Crippen LogP contribution in [-0.4, -0.2) is 32.5 Å². The van der Waals surface area contributed by atoms with Gasteiger partial charge in [0.15, 0.2) is 5.78 Å². The van der Waals surface area contributed by atoms with Crippen LogP contribution >= 0.6 is 0 Å². The highest BCUT2D eigenvalue weighted by atomic mass is 16.5. The van der Waals surface area contributed by atoms with E-state index in [1.165, 1.54) is 14.2 Å². The van der Waals surface area contributed by atoms with Crippen molar-refractivity contribution in [3.63, 3.8) is 0 Å². The fourth-order valence-corrected chi connectivity index (χ4v) is 1.47. The molecule has 0 unspecified atom stereocenters. The average molecular weight is 279 g/mol. The molecule has 1 rings (SSSR count). The zero-order valence-electron chi connectivity index (χ0n) is 12.6. The number of hydrogen-bond acceptors (Lipinski definition) is 4. The fraction of sp³-hybridized carbons (Fsp3) is 0.467. The van der Waals surface area contributed by atoms with Crippen LogP contribution in [0.3, 0.4) is 0 Å². The molecule has 1 aromatic rings. The predicted octanol–water partition coefficient (Wildman–Crippen LogP) is 2.05. The second kappa shape index (κ2) is 6.41. The Bertz CT molecular complexity index is 481. The van der Waals surface area contributed by atoms with Crippen molar-refractivity contribution in [3.8, 4) is 11.5 Å². The third-order valence-corrected chi connectivity index (χ3v) is 2.86. The van der Waals surface area contributed by atoms with E-state index in [1.54, 1.807) is 18.2 Å². The number of ether oxygens (including phenoxy) is 2. The number of rotatable bonds is 5. The number of nitrogens with one attached hydrogen (secondary N) is 1. The van der Waals surface area contributed by atoms with Gasteiger partial charge in [-0.15, -0.1) is 0 Å². The summed E-state index contributed by atoms with van der Waals surface area (Å²) in [5.74, 6) is 0.689. The Morgan fingerprint density at radius 3 is 1.95 bits per heavy atom. The van der Waals surface area contributed by atoms with Gasteiger partial charge in [-0.3, -0.25) is 9.59 Å². The van der Waals surface area contributed by atoms with Gasteiger partial charge in [0.05, 0.1) is 20.8 Å². The minimum Gasteiger partial charge on any atom is -0.497 e. The van der Waals surface area contributed by atoms with E-state index in [9.17, 15) is 9.59 Å². The first-order chi connectivity index (χ1) is 9.27. The Morgan fingerprint density at radius 2 is 1.55 bits per heavy atom. The number of benzene rings is 1. The Morgan fingerprint density at radius 1 is 1.05 bits per heavy atom. The first-order valence-corrected chi connectivity index (χ1v) is 6.32. The molecule has 0 heterocycles. The summed E-state index contributed by atoms with van der Waals surface area (Å²) in [5, 5.41) is 2.61. The third-order valence-electron chi connectivity index (χ3n) is 2.86. The summed E-state index contributed by atoms with van der Waals surface area (Å²) in [6, 6.07) is 4.87. The van der Waals surface area contributed by atoms with E-state index in [4.69, 9.17) is 9.47 Å². The summed E-state index contributed by atoms with van der Waals surface area (Å²) in [5.41, 5.74) is -0.0813. The van der Waals surface area contributed by atoms with Crippen LogP contribution in [0.4, 0.5) is 0 Å². The lowest BCUT2D eigenvalue weighted by atomic mass is 9.91. The summed E-state index contributed by atoms with van der Waals surface area (Å²) >= 11 is 0. The van der Waals surface area contributed by atoms with E-state index in [-0.39, 0.29) is 18.2 Å². The van der Waals surface area contributed by atoms with Crippen LogP contribution in [0.2, 0.25) is 0 Å². The van der Waals surface area contributed by atoms with Crippen LogP contribution < -0.4 is 14.8 Å². The Kier molecular flexibility index (Phi) is 5.13. The number of ketones is 1. The fourth-order valence-electron chi connectivity index (χ4n) is 1.47. The molecule has 0 fully saturated rings. The van der Waals surface area contributed by atoms with Gasteiger partial charge in [-0.25, -0.2) is 0 Å². The number of hydrogen-bond donors (Lipinski definition) is 1. The maximum atomic E-state index is 12.0. The zero-order chi connectivity index (χ0) is 15.3. The first-order valence-electron chi connectivity index (χ1n) is 6.32. The molecule has 0 saturated heterocycles. The van der Waals surface area contributed by atoms with Crippen molar-refractivity contribution in [2.45, 2.75) is 20.8 Å². The summed E-state index contributed by atoms with van der Waals surface area (Å²) in [6.45, 7) is 5.45. The molecule has 0 radical (unpaired) electrons. The number of amides is 1. The van der Waals surface area contributed by atoms with Gasteiger partial charge in [-0.2, -0.15) is 0 Å². The number of methoxy groups -OCH3 is 2. The smallest absolute Gasteiger partial charge is 0.251 e. The lowest BCUT2D eigenvalue weighted by Gasteiger charge is -2.17. The van der Waals surface area contributed by atoms with E-state index in [2.05, 4.69) is 5.32 Å². The van der Waals surface area contributed by atoms with E-state index < -0.39 is 5.41 Å². The largest absolute Gasteiger partial charge is 0.497 e. The van der Waals surface area contributed by atoms with Crippen LogP contribution in [0.1, 0.15) is 31.1 Å². The average Bonchev–Trinajstić information content (AvgIpc) is 2.42. The quantitative estimate of drug-likeness (QED) is 0.896. The van der Waals surface area contributed by atoms with Crippen LogP contribution in [-0.2, 0) is 4.79 Å². The van der Waals surface area contributed by atoms with Crippen molar-refractivity contribution >= 4 is 11.7 Å². The zero-order valence-corrected chi connectivity index (χ0v) is 12.6. The number of Topliss-reactive ketones (excluding diaryl/α,β-unsaturated/α-hetero) is 1. The molecule has 0 bridgehead atoms. The molecule has 0 saturated carbocycles. The summed E-state index contributed by atoms with van der Waals surface area (Å²) < 4.78 is 10.2. The van der Waals surface area contributed by atoms with Gasteiger partial charge >= 0.3 is 0 Å². The molecular formula is C15H21NO4. The molecule has 5 nitrogen and oxygen atoms in total. The van der Waals surface area contributed by atoms with Gasteiger partial charge in [0.2, 0.25) is 0 Å². The molecule has 0 atom stereocenters. The second-order valence-electron chi connectivity index (χ2n) is 5.46. The van der Waals surface area contributed by atoms with Crippen LogP contribution in [0.5, 0.6) is 11.5 Å². The minimum absolute atomic E-state index is 0.00184. The van der Waals surface area contributed by atoms with E-state index in [1.807, 2.05) is 20.8 Å². The summed E-state index contributed by atoms with van der Waals surface area (Å²) in [4.78, 5) is 23.8. The van der Waals surface area contributed by atoms with Crippen molar-refractivity contribution in [2.75, 3.05) is 20.8 Å². The third kappa shape index (κ3) is 4.26. The van der Waals surface area contributed by atoms with E-state index in [0.717, 1.165) is 0 Å². The maximum Gasteiger partial charge on any atom is 0.251 e. The SMILES string of the molecule is COc1cc(OC)cc(C(=O)NCC(=O)C(C)(C)C)c1. The standard InChI is InChI=1S/C15H21NO4/c1-15(2,3)13(17)9-16-14(18)10-6-11(19-4)8-12(7-10)20-5/h6-8H,9H2,1-5H3,(H,16,18). The van der Waals surface area contributed by atoms with E-state index in [0.29, 0.717) is 17.1 Å². The molecule has 0 spiro atoms. The lowest BCUT2D eigenvalue weighted by molar-refractivity contribution is -0.125. The van der Waals surface area contributed by atoms with Gasteiger partial charge in [-0.1, -0.05) is 20.8 Å². The molecule has 0 aliphatic rings. The topological polar surface area (TPSA) is 64.6 Å². The van der Waals surface area contributed by atoms with Crippen molar-refractivity contribution in [1.82, 2.24) is 5.32 Å². The molecular weight excluding hydrogens is 258 g/mol. The van der Waals surface area contributed by atoms with Crippen molar-refractivity contribution in [1.29, 1.82) is 0 Å². The summed E-state index contributed by atoms with van der Waals surface area (Å²) in [6.07, 6.45) is 0. The molecule has 110 valence electrons. The predicted molar refractivity (Wildman–Crippen MR) is 76.3 cm³/mol. The van der Waals surface area contributed by atoms with Gasteiger partial charge in [0.1, 0.15) is 11.5 Å². The second-order valence-corrected chi connectivity index (χ2v) is 5.46. The van der Waals surface area contributed by atoms with Crippen molar-refractivity contribution in [2.24, 2.45) is 5.41 Å². The van der Waals surface area contributed by atoms with Gasteiger partial charge in [0.25, 0.3) is 5.91 Å². The Labute approximate surface area is 119 Å². The highest BCUT2D eigenvalue weighted by Gasteiger charge is 2.21. The molecule has 1 amide bonds. The molecule has 0 aromatic heterocycles. The minimum atomic E-state index is -0.473. The highest BCUT2D eigenvalue weighted by Crippen LogP contribution is 2.22. The number of carbonyl (C=O) groups is 2. The molecule has 5 heteroatoms. The maximum absolute atomic E-state index is 12.0. The van der Waals surface area contributed by atoms with Crippen LogP contribution in [0.15, 0.2) is 18.2 Å². The number of carbonyl (C=O) groups excluding carboxylic acids is 2. The van der Waals surface area contributed by atoms with Crippen molar-refractivity contribution in [3.05, 3.63) is 23.8 Å². The highest BCUT2D eigenvalue weighted by molar-refractivity contribution is 5.98. The first kappa shape index (κ1) is 16.0. The van der Waals surface area contributed by atoms with E-state index >= 15 is 0 Å². The monoisotopic (exact) mass is 279 g/mol. The van der Waals surface area contributed by atoms with Gasteiger partial charge in [-0.05, 0) is 12.1 Å².